The van der Waals surface area contributed by atoms with Crippen molar-refractivity contribution in [1.82, 2.24) is 0 Å². The van der Waals surface area contributed by atoms with Gasteiger partial charge in [-0.15, -0.1) is 0 Å². The topological polar surface area (TPSA) is 114 Å². The fourth-order valence-corrected chi connectivity index (χ4v) is 6.64. The second kappa shape index (κ2) is 8.33. The van der Waals surface area contributed by atoms with Gasteiger partial charge in [-0.2, -0.15) is 13.2 Å². The van der Waals surface area contributed by atoms with Crippen molar-refractivity contribution in [2.75, 3.05) is 0 Å². The van der Waals surface area contributed by atoms with E-state index in [2.05, 4.69) is 0 Å². The first-order valence-electron chi connectivity index (χ1n) is 8.37. The van der Waals surface area contributed by atoms with Crippen LogP contribution in [-0.4, -0.2) is 25.9 Å². The molecular weight excluding hydrogens is 476 g/mol. The molecule has 0 aliphatic rings. The summed E-state index contributed by atoms with van der Waals surface area (Å²) in [5.41, 5.74) is -1.01. The zero-order valence-electron chi connectivity index (χ0n) is 15.3. The average Bonchev–Trinajstić information content (AvgIpc) is 2.67. The number of hydrogen-bond acceptors (Lipinski definition) is 6. The van der Waals surface area contributed by atoms with E-state index in [9.17, 15) is 39.1 Å². The van der Waals surface area contributed by atoms with Crippen LogP contribution in [0.1, 0.15) is 5.56 Å². The predicted molar refractivity (Wildman–Crippen MR) is 106 cm³/mol. The Bertz CT molecular complexity index is 1260. The lowest BCUT2D eigenvalue weighted by Crippen LogP contribution is -2.27. The lowest BCUT2D eigenvalue weighted by atomic mass is 10.2. The highest BCUT2D eigenvalue weighted by atomic mass is 32.2. The van der Waals surface area contributed by atoms with Crippen molar-refractivity contribution < 1.29 is 39.1 Å². The maximum Gasteiger partial charge on any atom is 0.417 e. The molecule has 0 N–H and O–H groups in total. The highest BCUT2D eigenvalue weighted by molar-refractivity contribution is 7.86. The van der Waals surface area contributed by atoms with E-state index in [1.54, 1.807) is 0 Å². The molecule has 0 fully saturated rings. The zero-order valence-corrected chi connectivity index (χ0v) is 17.8. The van der Waals surface area contributed by atoms with Crippen LogP contribution in [0.5, 0.6) is 0 Å². The molecule has 0 radical (unpaired) electrons. The van der Waals surface area contributed by atoms with E-state index in [0.29, 0.717) is 0 Å². The lowest BCUT2D eigenvalue weighted by molar-refractivity contribution is -0.136. The summed E-state index contributed by atoms with van der Waals surface area (Å²) < 4.78 is 110. The molecule has 0 heterocycles. The number of alkyl halides is 3. The van der Waals surface area contributed by atoms with Gasteiger partial charge in [-0.25, -0.2) is 16.8 Å². The van der Waals surface area contributed by atoms with Gasteiger partial charge in [0.15, 0.2) is 0 Å². The van der Waals surface area contributed by atoms with Crippen LogP contribution in [-0.2, 0) is 26.4 Å². The smallest absolute Gasteiger partial charge is 0.417 e. The first-order chi connectivity index (χ1) is 14.3. The third-order valence-corrected chi connectivity index (χ3v) is 8.30. The largest absolute Gasteiger partial charge is 0.744 e. The quantitative estimate of drug-likeness (QED) is 0.402. The van der Waals surface area contributed by atoms with Gasteiger partial charge in [-0.1, -0.05) is 42.5 Å². The predicted octanol–water partition coefficient (Wildman–Crippen LogP) is 2.27. The molecule has 0 saturated heterocycles. The van der Waals surface area contributed by atoms with E-state index in [-0.39, 0.29) is 15.9 Å². The van der Waals surface area contributed by atoms with E-state index in [1.165, 1.54) is 42.5 Å². The molecule has 0 aliphatic heterocycles. The Morgan fingerprint density at radius 2 is 1.13 bits per heavy atom. The third-order valence-electron chi connectivity index (χ3n) is 4.18. The molecule has 0 bridgehead atoms. The number of benzene rings is 3. The normalized spacial score (nSPS) is 12.8. The Balaban J connectivity index is 2.35. The molecule has 31 heavy (non-hydrogen) atoms. The molecule has 0 aromatic heterocycles. The first kappa shape index (κ1) is 23.4. The molecule has 3 aromatic carbocycles. The van der Waals surface area contributed by atoms with Crippen molar-refractivity contribution in [2.45, 2.75) is 16.0 Å². The van der Waals surface area contributed by atoms with Crippen molar-refractivity contribution in [3.8, 4) is 0 Å². The average molecular weight is 488 g/mol. The van der Waals surface area contributed by atoms with Gasteiger partial charge in [0.05, 0.1) is 15.4 Å². The van der Waals surface area contributed by atoms with Crippen LogP contribution in [0, 0.1) is 0 Å². The molecule has 0 saturated carbocycles. The summed E-state index contributed by atoms with van der Waals surface area (Å²) in [5.74, 6) is 0. The fraction of sp³-hybridized carbons (Fsp3) is 0.0526. The molecule has 0 atom stereocenters. The van der Waals surface area contributed by atoms with Gasteiger partial charge in [0.1, 0.15) is 20.2 Å². The van der Waals surface area contributed by atoms with Crippen LogP contribution in [0.25, 0.3) is 0 Å². The molecule has 0 aliphatic carbocycles. The molecule has 6 nitrogen and oxygen atoms in total. The van der Waals surface area contributed by atoms with Crippen LogP contribution in [0.2, 0.25) is 0 Å². The highest BCUT2D eigenvalue weighted by Gasteiger charge is 2.36. The van der Waals surface area contributed by atoms with E-state index < -0.39 is 49.7 Å². The van der Waals surface area contributed by atoms with Crippen LogP contribution in [0.4, 0.5) is 13.2 Å². The van der Waals surface area contributed by atoms with Gasteiger partial charge in [-0.3, -0.25) is 0 Å². The van der Waals surface area contributed by atoms with E-state index >= 15 is 0 Å². The minimum Gasteiger partial charge on any atom is -0.744 e. The first-order valence-corrected chi connectivity index (χ1v) is 12.5. The Labute approximate surface area is 177 Å². The highest BCUT2D eigenvalue weighted by Crippen LogP contribution is 2.40. The van der Waals surface area contributed by atoms with Crippen LogP contribution < -0.4 is 15.9 Å². The van der Waals surface area contributed by atoms with Gasteiger partial charge in [0.2, 0.25) is 0 Å². The summed E-state index contributed by atoms with van der Waals surface area (Å²) in [4.78, 5) is -1.29. The van der Waals surface area contributed by atoms with Gasteiger partial charge >= 0.3 is 6.18 Å². The van der Waals surface area contributed by atoms with E-state index in [4.69, 9.17) is 0 Å². The second-order valence-electron chi connectivity index (χ2n) is 6.25. The molecule has 164 valence electrons. The maximum absolute atomic E-state index is 13.7. The van der Waals surface area contributed by atoms with Crippen LogP contribution in [0.3, 0.4) is 0 Å². The molecule has 0 amide bonds. The van der Waals surface area contributed by atoms with Gasteiger partial charge < -0.3 is 9.11 Å². The van der Waals surface area contributed by atoms with Gasteiger partial charge in [-0.05, 0) is 54.2 Å². The summed E-state index contributed by atoms with van der Waals surface area (Å²) in [7, 11) is -12.0. The number of halogens is 3. The SMILES string of the molecule is O=S(=O)([O-])c1cccc(P(c2cccc(S(=O)(=O)[O-])c2)c2ccccc2C(F)(F)F)c1. The Kier molecular flexibility index (Phi) is 6.28. The second-order valence-corrected chi connectivity index (χ2v) is 11.2. The Morgan fingerprint density at radius 1 is 0.677 bits per heavy atom. The molecule has 0 unspecified atom stereocenters. The molecular formula is C19H12F3O6PS2-2. The summed E-state index contributed by atoms with van der Waals surface area (Å²) in [6.45, 7) is 0. The van der Waals surface area contributed by atoms with Gasteiger partial charge in [0, 0.05) is 0 Å². The van der Waals surface area contributed by atoms with Crippen molar-refractivity contribution in [3.05, 3.63) is 78.4 Å². The third kappa shape index (κ3) is 5.31. The number of hydrogen-bond donors (Lipinski definition) is 0. The molecule has 3 aromatic rings. The summed E-state index contributed by atoms with van der Waals surface area (Å²) in [5, 5.41) is -0.126. The van der Waals surface area contributed by atoms with Crippen molar-refractivity contribution in [3.63, 3.8) is 0 Å². The number of rotatable bonds is 5. The minimum atomic E-state index is -4.90. The monoisotopic (exact) mass is 488 g/mol. The molecule has 0 spiro atoms. The van der Waals surface area contributed by atoms with E-state index in [1.807, 2.05) is 0 Å². The van der Waals surface area contributed by atoms with Gasteiger partial charge in [0.25, 0.3) is 0 Å². The molecule has 12 heteroatoms. The Hall–Kier alpha value is -2.30. The Morgan fingerprint density at radius 3 is 1.55 bits per heavy atom. The zero-order chi connectivity index (χ0) is 23.0. The summed E-state index contributed by atoms with van der Waals surface area (Å²) >= 11 is 0. The van der Waals surface area contributed by atoms with Crippen molar-refractivity contribution in [2.24, 2.45) is 0 Å². The lowest BCUT2D eigenvalue weighted by Gasteiger charge is -2.24. The van der Waals surface area contributed by atoms with Crippen molar-refractivity contribution in [1.29, 1.82) is 0 Å². The summed E-state index contributed by atoms with van der Waals surface area (Å²) in [6, 6.07) is 13.6. The summed E-state index contributed by atoms with van der Waals surface area (Å²) in [6.07, 6.45) is -4.76. The maximum atomic E-state index is 13.7. The van der Waals surface area contributed by atoms with Crippen LogP contribution in [0.15, 0.2) is 82.6 Å². The minimum absolute atomic E-state index is 0.0593. The van der Waals surface area contributed by atoms with E-state index in [0.717, 1.165) is 30.3 Å². The van der Waals surface area contributed by atoms with Crippen LogP contribution >= 0.6 is 7.92 Å². The van der Waals surface area contributed by atoms with Crippen molar-refractivity contribution >= 4 is 44.1 Å². The molecule has 3 rings (SSSR count). The standard InChI is InChI=1S/C19H14F3O6PS2/c20-19(21,22)17-9-1-2-10-18(17)29(13-5-3-7-15(11-13)30(23,24)25)14-6-4-8-16(12-14)31(26,27)28/h1-12H,(H,23,24,25)(H,26,27,28)/p-2. The fourth-order valence-electron chi connectivity index (χ4n) is 2.89.